The second-order valence-corrected chi connectivity index (χ2v) is 4.95. The van der Waals surface area contributed by atoms with E-state index in [1.165, 1.54) is 24.9 Å². The van der Waals surface area contributed by atoms with Crippen molar-refractivity contribution in [3.63, 3.8) is 0 Å². The van der Waals surface area contributed by atoms with Crippen LogP contribution in [0, 0.1) is 0 Å². The van der Waals surface area contributed by atoms with E-state index in [4.69, 9.17) is 9.84 Å². The fraction of sp³-hybridized carbons (Fsp3) is 0.846. The Kier molecular flexibility index (Phi) is 7.25. The van der Waals surface area contributed by atoms with Crippen molar-refractivity contribution in [3.8, 4) is 0 Å². The molecule has 2 amide bonds. The Hall–Kier alpha value is -1.30. The third kappa shape index (κ3) is 6.42. The highest BCUT2D eigenvalue weighted by molar-refractivity contribution is 5.80. The van der Waals surface area contributed by atoms with Gasteiger partial charge in [0.2, 0.25) is 0 Å². The molecule has 110 valence electrons. The molecule has 0 radical (unpaired) electrons. The molecule has 0 unspecified atom stereocenters. The van der Waals surface area contributed by atoms with Gasteiger partial charge in [0.1, 0.15) is 6.54 Å². The first-order chi connectivity index (χ1) is 9.13. The molecule has 0 spiro atoms. The number of carbonyl (C=O) groups is 2. The van der Waals surface area contributed by atoms with E-state index in [0.29, 0.717) is 13.2 Å². The summed E-state index contributed by atoms with van der Waals surface area (Å²) in [4.78, 5) is 24.1. The molecule has 0 saturated heterocycles. The van der Waals surface area contributed by atoms with Crippen molar-refractivity contribution < 1.29 is 19.4 Å². The Morgan fingerprint density at radius 3 is 2.42 bits per heavy atom. The Morgan fingerprint density at radius 1 is 1.26 bits per heavy atom. The summed E-state index contributed by atoms with van der Waals surface area (Å²) >= 11 is 0. The molecule has 0 aliphatic heterocycles. The molecular weight excluding hydrogens is 248 g/mol. The first-order valence-corrected chi connectivity index (χ1v) is 6.89. The maximum absolute atomic E-state index is 12.1. The van der Waals surface area contributed by atoms with Crippen molar-refractivity contribution in [1.29, 1.82) is 0 Å². The fourth-order valence-corrected chi connectivity index (χ4v) is 2.31. The number of hydrogen-bond donors (Lipinski definition) is 2. The van der Waals surface area contributed by atoms with Crippen molar-refractivity contribution in [1.82, 2.24) is 10.2 Å². The van der Waals surface area contributed by atoms with Gasteiger partial charge < -0.3 is 20.1 Å². The zero-order chi connectivity index (χ0) is 14.1. The normalized spacial score (nSPS) is 16.7. The van der Waals surface area contributed by atoms with Gasteiger partial charge in [-0.05, 0) is 12.8 Å². The van der Waals surface area contributed by atoms with E-state index >= 15 is 0 Å². The van der Waals surface area contributed by atoms with Crippen LogP contribution in [0.4, 0.5) is 4.79 Å². The number of amides is 2. The Bertz CT molecular complexity index is 288. The Labute approximate surface area is 114 Å². The van der Waals surface area contributed by atoms with Gasteiger partial charge >= 0.3 is 12.0 Å². The van der Waals surface area contributed by atoms with Crippen molar-refractivity contribution in [2.45, 2.75) is 44.6 Å². The summed E-state index contributed by atoms with van der Waals surface area (Å²) in [5, 5.41) is 11.8. The predicted octanol–water partition coefficient (Wildman–Crippen LogP) is 1.45. The molecule has 2 N–H and O–H groups in total. The van der Waals surface area contributed by atoms with Crippen LogP contribution in [0.15, 0.2) is 0 Å². The lowest BCUT2D eigenvalue weighted by atomic mass is 10.1. The summed E-state index contributed by atoms with van der Waals surface area (Å²) < 4.78 is 4.90. The van der Waals surface area contributed by atoms with Crippen molar-refractivity contribution >= 4 is 12.0 Å². The number of carboxylic acid groups (broad SMARTS) is 1. The van der Waals surface area contributed by atoms with Crippen molar-refractivity contribution in [2.24, 2.45) is 0 Å². The molecule has 1 aliphatic rings. The molecule has 19 heavy (non-hydrogen) atoms. The number of aliphatic carboxylic acids is 1. The van der Waals surface area contributed by atoms with Crippen LogP contribution in [0.5, 0.6) is 0 Å². The summed E-state index contributed by atoms with van der Waals surface area (Å²) in [7, 11) is 1.53. The maximum Gasteiger partial charge on any atom is 0.323 e. The van der Waals surface area contributed by atoms with Gasteiger partial charge in [-0.1, -0.05) is 25.7 Å². The number of carbonyl (C=O) groups excluding carboxylic acids is 1. The minimum atomic E-state index is -1.01. The number of ether oxygens (including phenoxy) is 1. The van der Waals surface area contributed by atoms with Crippen LogP contribution in [0.3, 0.4) is 0 Å². The molecule has 1 fully saturated rings. The smallest absolute Gasteiger partial charge is 0.323 e. The highest BCUT2D eigenvalue weighted by atomic mass is 16.5. The molecule has 1 aliphatic carbocycles. The SMILES string of the molecule is COCCN(CC(=O)O)C(=O)NC1CCCCCC1. The van der Waals surface area contributed by atoms with Gasteiger partial charge in [0.05, 0.1) is 6.61 Å². The Morgan fingerprint density at radius 2 is 1.89 bits per heavy atom. The number of urea groups is 1. The van der Waals surface area contributed by atoms with Gasteiger partial charge in [-0.3, -0.25) is 4.79 Å². The summed E-state index contributed by atoms with van der Waals surface area (Å²) in [6.45, 7) is 0.342. The quantitative estimate of drug-likeness (QED) is 0.717. The average molecular weight is 272 g/mol. The minimum Gasteiger partial charge on any atom is -0.480 e. The van der Waals surface area contributed by atoms with Crippen LogP contribution in [-0.2, 0) is 9.53 Å². The van der Waals surface area contributed by atoms with E-state index in [0.717, 1.165) is 25.7 Å². The highest BCUT2D eigenvalue weighted by Gasteiger charge is 2.20. The molecule has 0 aromatic heterocycles. The highest BCUT2D eigenvalue weighted by Crippen LogP contribution is 2.17. The van der Waals surface area contributed by atoms with Crippen LogP contribution in [-0.4, -0.2) is 54.9 Å². The van der Waals surface area contributed by atoms with Gasteiger partial charge in [0.25, 0.3) is 0 Å². The molecule has 6 heteroatoms. The Balaban J connectivity index is 2.46. The van der Waals surface area contributed by atoms with Crippen LogP contribution < -0.4 is 5.32 Å². The van der Waals surface area contributed by atoms with Gasteiger partial charge in [-0.15, -0.1) is 0 Å². The van der Waals surface area contributed by atoms with Crippen LogP contribution in [0.1, 0.15) is 38.5 Å². The largest absolute Gasteiger partial charge is 0.480 e. The predicted molar refractivity (Wildman–Crippen MR) is 71.1 cm³/mol. The van der Waals surface area contributed by atoms with Gasteiger partial charge in [-0.2, -0.15) is 0 Å². The molecule has 0 aromatic rings. The third-order valence-corrected chi connectivity index (χ3v) is 3.36. The van der Waals surface area contributed by atoms with Crippen LogP contribution in [0.2, 0.25) is 0 Å². The van der Waals surface area contributed by atoms with Crippen molar-refractivity contribution in [2.75, 3.05) is 26.8 Å². The van der Waals surface area contributed by atoms with Crippen molar-refractivity contribution in [3.05, 3.63) is 0 Å². The maximum atomic E-state index is 12.1. The molecule has 0 atom stereocenters. The second-order valence-electron chi connectivity index (χ2n) is 4.95. The lowest BCUT2D eigenvalue weighted by Gasteiger charge is -2.24. The van der Waals surface area contributed by atoms with E-state index in [1.54, 1.807) is 0 Å². The van der Waals surface area contributed by atoms with Crippen LogP contribution >= 0.6 is 0 Å². The molecule has 0 bridgehead atoms. The third-order valence-electron chi connectivity index (χ3n) is 3.36. The molecule has 1 rings (SSSR count). The average Bonchev–Trinajstić information content (AvgIpc) is 2.62. The summed E-state index contributed by atoms with van der Waals surface area (Å²) in [5.74, 6) is -1.01. The molecule has 1 saturated carbocycles. The lowest BCUT2D eigenvalue weighted by Crippen LogP contribution is -2.47. The molecule has 0 aromatic carbocycles. The molecular formula is C13H24N2O4. The number of carboxylic acids is 1. The van der Waals surface area contributed by atoms with E-state index in [2.05, 4.69) is 5.32 Å². The first kappa shape index (κ1) is 15.8. The number of methoxy groups -OCH3 is 1. The monoisotopic (exact) mass is 272 g/mol. The minimum absolute atomic E-state index is 0.175. The second kappa shape index (κ2) is 8.74. The van der Waals surface area contributed by atoms with E-state index in [9.17, 15) is 9.59 Å². The van der Waals surface area contributed by atoms with E-state index in [1.807, 2.05) is 0 Å². The number of rotatable bonds is 6. The van der Waals surface area contributed by atoms with E-state index < -0.39 is 5.97 Å². The first-order valence-electron chi connectivity index (χ1n) is 6.89. The zero-order valence-corrected chi connectivity index (χ0v) is 11.6. The summed E-state index contributed by atoms with van der Waals surface area (Å²) in [6, 6.07) is -0.125. The van der Waals surface area contributed by atoms with Gasteiger partial charge in [-0.25, -0.2) is 4.79 Å². The van der Waals surface area contributed by atoms with Crippen LogP contribution in [0.25, 0.3) is 0 Å². The number of nitrogens with zero attached hydrogens (tertiary/aromatic N) is 1. The molecule has 0 heterocycles. The fourth-order valence-electron chi connectivity index (χ4n) is 2.31. The standard InChI is InChI=1S/C13H24N2O4/c1-19-9-8-15(10-12(16)17)13(18)14-11-6-4-2-3-5-7-11/h11H,2-10H2,1H3,(H,14,18)(H,16,17). The summed E-state index contributed by atoms with van der Waals surface area (Å²) in [6.07, 6.45) is 6.65. The summed E-state index contributed by atoms with van der Waals surface area (Å²) in [5.41, 5.74) is 0. The topological polar surface area (TPSA) is 78.9 Å². The number of hydrogen-bond acceptors (Lipinski definition) is 3. The zero-order valence-electron chi connectivity index (χ0n) is 11.6. The molecule has 6 nitrogen and oxygen atoms in total. The van der Waals surface area contributed by atoms with E-state index in [-0.39, 0.29) is 18.6 Å². The number of nitrogens with one attached hydrogen (secondary N) is 1. The lowest BCUT2D eigenvalue weighted by molar-refractivity contribution is -0.137. The van der Waals surface area contributed by atoms with Gasteiger partial charge in [0, 0.05) is 19.7 Å². The van der Waals surface area contributed by atoms with Gasteiger partial charge in [0.15, 0.2) is 0 Å².